The van der Waals surface area contributed by atoms with Crippen molar-refractivity contribution in [1.82, 2.24) is 5.43 Å². The van der Waals surface area contributed by atoms with Crippen LogP contribution in [0.1, 0.15) is 35.6 Å². The molecule has 1 aromatic rings. The fourth-order valence-electron chi connectivity index (χ4n) is 2.63. The highest BCUT2D eigenvalue weighted by atomic mass is 32.2. The molecule has 1 heterocycles. The van der Waals surface area contributed by atoms with Gasteiger partial charge in [0.25, 0.3) is 0 Å². The summed E-state index contributed by atoms with van der Waals surface area (Å²) in [7, 11) is 1.72. The average molecular weight is 266 g/mol. The van der Waals surface area contributed by atoms with E-state index >= 15 is 0 Å². The van der Waals surface area contributed by atoms with Gasteiger partial charge in [0.15, 0.2) is 0 Å². The zero-order chi connectivity index (χ0) is 13.1. The molecule has 100 valence electrons. The fourth-order valence-corrected chi connectivity index (χ4v) is 4.02. The summed E-state index contributed by atoms with van der Waals surface area (Å²) in [5, 5.41) is 0.585. The minimum atomic E-state index is 0.238. The minimum Gasteiger partial charge on any atom is -0.496 e. The van der Waals surface area contributed by atoms with Gasteiger partial charge in [-0.15, -0.1) is 0 Å². The summed E-state index contributed by atoms with van der Waals surface area (Å²) >= 11 is 2.02. The van der Waals surface area contributed by atoms with Gasteiger partial charge in [-0.25, -0.2) is 0 Å². The van der Waals surface area contributed by atoms with Gasteiger partial charge < -0.3 is 4.74 Å². The second-order valence-electron chi connectivity index (χ2n) is 4.87. The van der Waals surface area contributed by atoms with E-state index in [1.807, 2.05) is 11.8 Å². The molecule has 1 aliphatic rings. The van der Waals surface area contributed by atoms with Crippen molar-refractivity contribution >= 4 is 11.8 Å². The first-order valence-electron chi connectivity index (χ1n) is 6.40. The Morgan fingerprint density at radius 3 is 2.72 bits per heavy atom. The number of nitrogens with one attached hydrogen (secondary N) is 1. The number of rotatable bonds is 4. The Balaban J connectivity index is 2.32. The molecule has 1 fully saturated rings. The van der Waals surface area contributed by atoms with E-state index in [0.717, 1.165) is 5.75 Å². The van der Waals surface area contributed by atoms with E-state index in [0.29, 0.717) is 5.25 Å². The molecule has 2 rings (SSSR count). The van der Waals surface area contributed by atoms with Crippen LogP contribution >= 0.6 is 11.8 Å². The van der Waals surface area contributed by atoms with Crippen LogP contribution in [0, 0.1) is 13.8 Å². The summed E-state index contributed by atoms with van der Waals surface area (Å²) in [6.45, 7) is 4.21. The van der Waals surface area contributed by atoms with Gasteiger partial charge in [0.05, 0.1) is 13.2 Å². The summed E-state index contributed by atoms with van der Waals surface area (Å²) < 4.78 is 5.36. The highest BCUT2D eigenvalue weighted by Gasteiger charge is 2.27. The van der Waals surface area contributed by atoms with Crippen molar-refractivity contribution in [3.8, 4) is 5.75 Å². The summed E-state index contributed by atoms with van der Waals surface area (Å²) in [6.07, 6.45) is 2.53. The van der Waals surface area contributed by atoms with Crippen LogP contribution in [0.3, 0.4) is 0 Å². The largest absolute Gasteiger partial charge is 0.496 e. The lowest BCUT2D eigenvalue weighted by atomic mass is 9.95. The van der Waals surface area contributed by atoms with Gasteiger partial charge in [-0.1, -0.05) is 6.07 Å². The standard InChI is InChI=1S/C14H22N2OS/c1-9-8-12(17-3)10(2)7-11(9)14(16-15)13-5-4-6-18-13/h7-8,13-14,16H,4-6,15H2,1-3H3. The van der Waals surface area contributed by atoms with Crippen LogP contribution in [0.5, 0.6) is 5.75 Å². The van der Waals surface area contributed by atoms with Crippen LogP contribution in [0.4, 0.5) is 0 Å². The van der Waals surface area contributed by atoms with E-state index in [2.05, 4.69) is 31.4 Å². The molecule has 0 saturated carbocycles. The molecule has 18 heavy (non-hydrogen) atoms. The lowest BCUT2D eigenvalue weighted by Crippen LogP contribution is -2.34. The predicted molar refractivity (Wildman–Crippen MR) is 78.0 cm³/mol. The van der Waals surface area contributed by atoms with Gasteiger partial charge in [0.2, 0.25) is 0 Å². The Kier molecular flexibility index (Phi) is 4.54. The van der Waals surface area contributed by atoms with E-state index in [1.54, 1.807) is 7.11 Å². The molecule has 0 radical (unpaired) electrons. The number of nitrogens with two attached hydrogens (primary N) is 1. The zero-order valence-electron chi connectivity index (χ0n) is 11.3. The SMILES string of the molecule is COc1cc(C)c(C(NN)C2CCCS2)cc1C. The Hall–Kier alpha value is -0.710. The third-order valence-corrected chi connectivity index (χ3v) is 5.10. The van der Waals surface area contributed by atoms with Crippen molar-refractivity contribution in [1.29, 1.82) is 0 Å². The highest BCUT2D eigenvalue weighted by molar-refractivity contribution is 8.00. The molecular weight excluding hydrogens is 244 g/mol. The van der Waals surface area contributed by atoms with Crippen LogP contribution in [0.15, 0.2) is 12.1 Å². The van der Waals surface area contributed by atoms with Crippen molar-refractivity contribution in [3.05, 3.63) is 28.8 Å². The van der Waals surface area contributed by atoms with Gasteiger partial charge >= 0.3 is 0 Å². The van der Waals surface area contributed by atoms with Gasteiger partial charge in [0, 0.05) is 5.25 Å². The second-order valence-corrected chi connectivity index (χ2v) is 6.22. The Bertz CT molecular complexity index is 417. The normalized spacial score (nSPS) is 21.0. The molecule has 0 aliphatic carbocycles. The van der Waals surface area contributed by atoms with Crippen molar-refractivity contribution in [3.63, 3.8) is 0 Å². The molecule has 1 aliphatic heterocycles. The number of ether oxygens (including phenoxy) is 1. The molecule has 4 heteroatoms. The molecule has 2 atom stereocenters. The molecule has 0 amide bonds. The number of aryl methyl sites for hydroxylation is 2. The Morgan fingerprint density at radius 1 is 1.39 bits per heavy atom. The van der Waals surface area contributed by atoms with Crippen molar-refractivity contribution in [2.45, 2.75) is 38.0 Å². The molecule has 0 aromatic heterocycles. The molecule has 3 N–H and O–H groups in total. The second kappa shape index (κ2) is 5.95. The maximum atomic E-state index is 5.78. The topological polar surface area (TPSA) is 47.3 Å². The number of methoxy groups -OCH3 is 1. The van der Waals surface area contributed by atoms with Gasteiger partial charge in [0.1, 0.15) is 5.75 Å². The van der Waals surface area contributed by atoms with E-state index in [1.165, 1.54) is 35.3 Å². The first kappa shape index (κ1) is 13.7. The lowest BCUT2D eigenvalue weighted by Gasteiger charge is -2.25. The first-order valence-corrected chi connectivity index (χ1v) is 7.45. The number of hydrazine groups is 1. The number of benzene rings is 1. The van der Waals surface area contributed by atoms with Gasteiger partial charge in [-0.05, 0) is 55.2 Å². The average Bonchev–Trinajstić information content (AvgIpc) is 2.87. The molecule has 0 spiro atoms. The smallest absolute Gasteiger partial charge is 0.122 e. The minimum absolute atomic E-state index is 0.238. The van der Waals surface area contributed by atoms with E-state index < -0.39 is 0 Å². The monoisotopic (exact) mass is 266 g/mol. The van der Waals surface area contributed by atoms with Gasteiger partial charge in [-0.2, -0.15) is 11.8 Å². The summed E-state index contributed by atoms with van der Waals surface area (Å²) in [6, 6.07) is 4.55. The fraction of sp³-hybridized carbons (Fsp3) is 0.571. The molecular formula is C14H22N2OS. The Labute approximate surface area is 113 Å². The van der Waals surface area contributed by atoms with E-state index in [4.69, 9.17) is 10.6 Å². The van der Waals surface area contributed by atoms with Crippen LogP contribution in [-0.4, -0.2) is 18.1 Å². The maximum Gasteiger partial charge on any atom is 0.122 e. The third kappa shape index (κ3) is 2.66. The zero-order valence-corrected chi connectivity index (χ0v) is 12.1. The summed E-state index contributed by atoms with van der Waals surface area (Å²) in [5.41, 5.74) is 6.72. The van der Waals surface area contributed by atoms with Crippen molar-refractivity contribution in [2.75, 3.05) is 12.9 Å². The molecule has 0 bridgehead atoms. The molecule has 2 unspecified atom stereocenters. The third-order valence-electron chi connectivity index (χ3n) is 3.63. The van der Waals surface area contributed by atoms with E-state index in [-0.39, 0.29) is 6.04 Å². The van der Waals surface area contributed by atoms with Crippen molar-refractivity contribution in [2.24, 2.45) is 5.84 Å². The van der Waals surface area contributed by atoms with Gasteiger partial charge in [-0.3, -0.25) is 11.3 Å². The van der Waals surface area contributed by atoms with Crippen LogP contribution in [0.2, 0.25) is 0 Å². The lowest BCUT2D eigenvalue weighted by molar-refractivity contribution is 0.410. The van der Waals surface area contributed by atoms with E-state index in [9.17, 15) is 0 Å². The van der Waals surface area contributed by atoms with Crippen LogP contribution in [0.25, 0.3) is 0 Å². The number of hydrogen-bond donors (Lipinski definition) is 2. The molecule has 3 nitrogen and oxygen atoms in total. The van der Waals surface area contributed by atoms with Crippen molar-refractivity contribution < 1.29 is 4.74 Å². The van der Waals surface area contributed by atoms with Crippen LogP contribution < -0.4 is 16.0 Å². The molecule has 1 aromatic carbocycles. The first-order chi connectivity index (χ1) is 8.67. The highest BCUT2D eigenvalue weighted by Crippen LogP contribution is 2.38. The number of hydrogen-bond acceptors (Lipinski definition) is 4. The predicted octanol–water partition coefficient (Wildman–Crippen LogP) is 2.71. The quantitative estimate of drug-likeness (QED) is 0.650. The number of thioether (sulfide) groups is 1. The molecule has 1 saturated heterocycles. The van der Waals surface area contributed by atoms with Crippen LogP contribution in [-0.2, 0) is 0 Å². The summed E-state index contributed by atoms with van der Waals surface area (Å²) in [5.74, 6) is 7.98. The Morgan fingerprint density at radius 2 is 2.17 bits per heavy atom. The summed E-state index contributed by atoms with van der Waals surface area (Å²) in [4.78, 5) is 0. The maximum absolute atomic E-state index is 5.78.